The highest BCUT2D eigenvalue weighted by molar-refractivity contribution is 9.10. The Kier molecular flexibility index (Phi) is 7.44. The number of carbonyl (C=O) groups excluding carboxylic acids is 1. The highest BCUT2D eigenvalue weighted by atomic mass is 79.9. The van der Waals surface area contributed by atoms with Gasteiger partial charge in [-0.05, 0) is 72.6 Å². The smallest absolute Gasteiger partial charge is 0.259 e. The Morgan fingerprint density at radius 1 is 1.24 bits per heavy atom. The fraction of sp³-hybridized carbons (Fsp3) is 0.308. The molecule has 2 aromatic carbocycles. The molecule has 178 valence electrons. The first-order chi connectivity index (χ1) is 16.0. The Bertz CT molecular complexity index is 1260. The molecule has 1 amide bonds. The molecular weight excluding hydrogens is 555 g/mol. The van der Waals surface area contributed by atoms with E-state index in [1.54, 1.807) is 53.9 Å². The lowest BCUT2D eigenvalue weighted by Crippen LogP contribution is -2.27. The average molecular weight is 580 g/mol. The van der Waals surface area contributed by atoms with E-state index < -0.39 is 0 Å². The van der Waals surface area contributed by atoms with E-state index in [2.05, 4.69) is 47.0 Å². The van der Waals surface area contributed by atoms with Crippen molar-refractivity contribution in [2.75, 3.05) is 5.32 Å². The molecule has 1 aliphatic carbocycles. The van der Waals surface area contributed by atoms with Crippen LogP contribution in [0.25, 0.3) is 0 Å². The molecule has 4 rings (SSSR count). The summed E-state index contributed by atoms with van der Waals surface area (Å²) in [7, 11) is 0. The van der Waals surface area contributed by atoms with Crippen molar-refractivity contribution in [3.8, 4) is 5.75 Å². The van der Waals surface area contributed by atoms with Gasteiger partial charge in [0.1, 0.15) is 10.8 Å². The molecule has 0 spiro atoms. The summed E-state index contributed by atoms with van der Waals surface area (Å²) in [5.74, 6) is 0.295. The number of amides is 1. The Labute approximate surface area is 222 Å². The zero-order valence-electron chi connectivity index (χ0n) is 19.1. The second-order valence-corrected chi connectivity index (χ2v) is 12.4. The largest absolute Gasteiger partial charge is 0.506 e. The molecule has 34 heavy (non-hydrogen) atoms. The van der Waals surface area contributed by atoms with Crippen LogP contribution < -0.4 is 5.32 Å². The fourth-order valence-electron chi connectivity index (χ4n) is 4.18. The van der Waals surface area contributed by atoms with Gasteiger partial charge in [-0.1, -0.05) is 59.9 Å². The predicted octanol–water partition coefficient (Wildman–Crippen LogP) is 8.68. The van der Waals surface area contributed by atoms with E-state index in [1.165, 1.54) is 4.88 Å². The standard InChI is InChI=1S/C26H25BrCl2N2O2S/c1-26(2,3)15-4-9-19-21(11-15)34-25(30-13-14-10-16(27)12-20(29)23(14)32)22(19)24(33)31-18-7-5-17(28)6-8-18/h5-8,10,12-13,15,32H,4,9,11H2,1-3H3,(H,31,33)/t15-/m0/s1. The van der Waals surface area contributed by atoms with Crippen LogP contribution in [0.5, 0.6) is 5.75 Å². The lowest BCUT2D eigenvalue weighted by atomic mass is 9.72. The van der Waals surface area contributed by atoms with Crippen LogP contribution in [0.15, 0.2) is 45.9 Å². The number of nitrogens with one attached hydrogen (secondary N) is 1. The van der Waals surface area contributed by atoms with Gasteiger partial charge < -0.3 is 10.4 Å². The minimum atomic E-state index is -0.197. The van der Waals surface area contributed by atoms with Crippen molar-refractivity contribution >= 4 is 73.3 Å². The van der Waals surface area contributed by atoms with Gasteiger partial charge in [0, 0.05) is 31.8 Å². The molecule has 0 radical (unpaired) electrons. The second-order valence-electron chi connectivity index (χ2n) is 9.53. The highest BCUT2D eigenvalue weighted by Gasteiger charge is 2.33. The number of fused-ring (bicyclic) bond motifs is 1. The van der Waals surface area contributed by atoms with Crippen molar-refractivity contribution in [1.29, 1.82) is 0 Å². The molecule has 0 aliphatic heterocycles. The maximum absolute atomic E-state index is 13.4. The monoisotopic (exact) mass is 578 g/mol. The molecule has 1 aromatic heterocycles. The van der Waals surface area contributed by atoms with Gasteiger partial charge in [-0.2, -0.15) is 0 Å². The van der Waals surface area contributed by atoms with Crippen LogP contribution in [-0.2, 0) is 12.8 Å². The number of aromatic hydroxyl groups is 1. The van der Waals surface area contributed by atoms with Gasteiger partial charge in [0.25, 0.3) is 5.91 Å². The summed E-state index contributed by atoms with van der Waals surface area (Å²) in [5, 5.41) is 14.8. The zero-order valence-corrected chi connectivity index (χ0v) is 23.0. The number of hydrogen-bond donors (Lipinski definition) is 2. The first-order valence-electron chi connectivity index (χ1n) is 11.0. The van der Waals surface area contributed by atoms with Crippen LogP contribution in [0, 0.1) is 11.3 Å². The molecule has 3 aromatic rings. The van der Waals surface area contributed by atoms with E-state index >= 15 is 0 Å². The van der Waals surface area contributed by atoms with Crippen LogP contribution in [0.4, 0.5) is 10.7 Å². The number of aliphatic imine (C=N–C) groups is 1. The lowest BCUT2D eigenvalue weighted by molar-refractivity contribution is 0.102. The zero-order chi connectivity index (χ0) is 24.6. The first-order valence-corrected chi connectivity index (χ1v) is 13.3. The summed E-state index contributed by atoms with van der Waals surface area (Å²) in [6, 6.07) is 10.4. The SMILES string of the molecule is CC(C)(C)[C@H]1CCc2c(sc(N=Cc3cc(Br)cc(Cl)c3O)c2C(=O)Nc2ccc(Cl)cc2)C1. The third-order valence-electron chi connectivity index (χ3n) is 6.18. The minimum Gasteiger partial charge on any atom is -0.506 e. The quantitative estimate of drug-likeness (QED) is 0.304. The summed E-state index contributed by atoms with van der Waals surface area (Å²) in [6.07, 6.45) is 4.35. The highest BCUT2D eigenvalue weighted by Crippen LogP contribution is 2.45. The average Bonchev–Trinajstić information content (AvgIpc) is 3.14. The Morgan fingerprint density at radius 3 is 2.62 bits per heavy atom. The van der Waals surface area contributed by atoms with Crippen LogP contribution >= 0.6 is 50.5 Å². The molecule has 0 saturated heterocycles. The molecule has 0 bridgehead atoms. The summed E-state index contributed by atoms with van der Waals surface area (Å²) in [4.78, 5) is 19.3. The molecule has 0 unspecified atom stereocenters. The van der Waals surface area contributed by atoms with E-state index in [0.29, 0.717) is 32.8 Å². The second kappa shape index (κ2) is 10.0. The Balaban J connectivity index is 1.73. The number of rotatable bonds is 4. The van der Waals surface area contributed by atoms with Crippen molar-refractivity contribution in [2.45, 2.75) is 40.0 Å². The first kappa shape index (κ1) is 25.2. The molecule has 0 saturated carbocycles. The topological polar surface area (TPSA) is 61.7 Å². The van der Waals surface area contributed by atoms with E-state index in [0.717, 1.165) is 29.3 Å². The maximum atomic E-state index is 13.4. The fourth-order valence-corrected chi connectivity index (χ4v) is 6.40. The van der Waals surface area contributed by atoms with Gasteiger partial charge in [-0.25, -0.2) is 4.99 Å². The molecule has 1 heterocycles. The molecule has 1 aliphatic rings. The van der Waals surface area contributed by atoms with Crippen molar-refractivity contribution in [3.63, 3.8) is 0 Å². The molecule has 8 heteroatoms. The maximum Gasteiger partial charge on any atom is 0.259 e. The van der Waals surface area contributed by atoms with Crippen molar-refractivity contribution in [1.82, 2.24) is 0 Å². The third kappa shape index (κ3) is 5.51. The van der Waals surface area contributed by atoms with Gasteiger partial charge in [-0.15, -0.1) is 11.3 Å². The predicted molar refractivity (Wildman–Crippen MR) is 147 cm³/mol. The molecule has 4 nitrogen and oxygen atoms in total. The van der Waals surface area contributed by atoms with Gasteiger partial charge in [0.2, 0.25) is 0 Å². The molecule has 2 N–H and O–H groups in total. The normalized spacial score (nSPS) is 16.0. The van der Waals surface area contributed by atoms with Crippen molar-refractivity contribution < 1.29 is 9.90 Å². The molecule has 1 atom stereocenters. The molecule has 0 fully saturated rings. The Hall–Kier alpha value is -1.86. The number of halogens is 3. The van der Waals surface area contributed by atoms with Crippen LogP contribution in [-0.4, -0.2) is 17.2 Å². The lowest BCUT2D eigenvalue weighted by Gasteiger charge is -2.33. The number of phenols is 1. The number of benzene rings is 2. The van der Waals surface area contributed by atoms with E-state index in [1.807, 2.05) is 0 Å². The summed E-state index contributed by atoms with van der Waals surface area (Å²) in [5.41, 5.74) is 3.00. The van der Waals surface area contributed by atoms with Crippen LogP contribution in [0.3, 0.4) is 0 Å². The summed E-state index contributed by atoms with van der Waals surface area (Å²) >= 11 is 17.0. The number of anilines is 1. The van der Waals surface area contributed by atoms with Gasteiger partial charge in [0.05, 0.1) is 10.6 Å². The number of nitrogens with zero attached hydrogens (tertiary/aromatic N) is 1. The molecular formula is C26H25BrCl2N2O2S. The van der Waals surface area contributed by atoms with Gasteiger partial charge in [-0.3, -0.25) is 4.79 Å². The van der Waals surface area contributed by atoms with E-state index in [9.17, 15) is 9.90 Å². The van der Waals surface area contributed by atoms with Crippen LogP contribution in [0.1, 0.15) is 53.6 Å². The van der Waals surface area contributed by atoms with E-state index in [-0.39, 0.29) is 22.1 Å². The summed E-state index contributed by atoms with van der Waals surface area (Å²) < 4.78 is 0.732. The van der Waals surface area contributed by atoms with Crippen molar-refractivity contribution in [2.24, 2.45) is 16.3 Å². The Morgan fingerprint density at radius 2 is 1.94 bits per heavy atom. The number of phenolic OH excluding ortho intramolecular Hbond substituents is 1. The van der Waals surface area contributed by atoms with Crippen molar-refractivity contribution in [3.05, 3.63) is 72.5 Å². The number of thiophene rings is 1. The van der Waals surface area contributed by atoms with Gasteiger partial charge in [0.15, 0.2) is 0 Å². The minimum absolute atomic E-state index is 0.0464. The third-order valence-corrected chi connectivity index (χ3v) is 8.34. The summed E-state index contributed by atoms with van der Waals surface area (Å²) in [6.45, 7) is 6.80. The van der Waals surface area contributed by atoms with E-state index in [4.69, 9.17) is 23.2 Å². The number of carbonyl (C=O) groups is 1. The van der Waals surface area contributed by atoms with Crippen LogP contribution in [0.2, 0.25) is 10.0 Å². The van der Waals surface area contributed by atoms with Gasteiger partial charge >= 0.3 is 0 Å². The number of hydrogen-bond acceptors (Lipinski definition) is 4.